The average Bonchev–Trinajstić information content (AvgIpc) is 3.32. The molecule has 2 N–H and O–H groups in total. The van der Waals surface area contributed by atoms with Crippen molar-refractivity contribution in [2.45, 2.75) is 13.2 Å². The average molecular weight is 479 g/mol. The second-order valence-electron chi connectivity index (χ2n) is 6.95. The van der Waals surface area contributed by atoms with Crippen LogP contribution in [0.15, 0.2) is 78.9 Å². The smallest absolute Gasteiger partial charge is 0.286 e. The second kappa shape index (κ2) is 10.7. The minimum absolute atomic E-state index is 0.208. The van der Waals surface area contributed by atoms with E-state index in [0.717, 1.165) is 16.9 Å². The molecule has 33 heavy (non-hydrogen) atoms. The van der Waals surface area contributed by atoms with Crippen LogP contribution in [0, 0.1) is 0 Å². The monoisotopic (exact) mass is 478 g/mol. The van der Waals surface area contributed by atoms with Gasteiger partial charge in [-0.05, 0) is 48.0 Å². The van der Waals surface area contributed by atoms with Crippen LogP contribution in [-0.2, 0) is 13.2 Å². The van der Waals surface area contributed by atoms with E-state index in [-0.39, 0.29) is 17.5 Å². The van der Waals surface area contributed by atoms with Crippen molar-refractivity contribution in [1.29, 1.82) is 0 Å². The zero-order valence-electron chi connectivity index (χ0n) is 17.3. The van der Waals surface area contributed by atoms with Gasteiger partial charge in [0, 0.05) is 22.8 Å². The number of hydrogen-bond donors (Lipinski definition) is 2. The van der Waals surface area contributed by atoms with Crippen molar-refractivity contribution in [3.63, 3.8) is 0 Å². The predicted octanol–water partition coefficient (Wildman–Crippen LogP) is 4.95. The Morgan fingerprint density at radius 1 is 0.909 bits per heavy atom. The number of para-hydroxylation sites is 1. The molecule has 0 fully saturated rings. The van der Waals surface area contributed by atoms with Crippen molar-refractivity contribution in [3.05, 3.63) is 105 Å². The number of nitrogens with one attached hydrogen (secondary N) is 2. The Morgan fingerprint density at radius 3 is 2.48 bits per heavy atom. The van der Waals surface area contributed by atoms with Gasteiger partial charge in [-0.2, -0.15) is 0 Å². The van der Waals surface area contributed by atoms with E-state index in [9.17, 15) is 9.59 Å². The summed E-state index contributed by atoms with van der Waals surface area (Å²) >= 11 is 7.03. The lowest BCUT2D eigenvalue weighted by molar-refractivity contribution is 0.0949. The van der Waals surface area contributed by atoms with Crippen LogP contribution >= 0.6 is 22.9 Å². The van der Waals surface area contributed by atoms with E-state index in [4.69, 9.17) is 16.3 Å². The summed E-state index contributed by atoms with van der Waals surface area (Å²) in [7, 11) is 0. The first-order valence-electron chi connectivity index (χ1n) is 10.0. The molecule has 4 rings (SSSR count). The van der Waals surface area contributed by atoms with E-state index >= 15 is 0 Å². The summed E-state index contributed by atoms with van der Waals surface area (Å²) in [6.07, 6.45) is 0. The molecule has 7 nitrogen and oxygen atoms in total. The van der Waals surface area contributed by atoms with Gasteiger partial charge in [-0.25, -0.2) is 0 Å². The van der Waals surface area contributed by atoms with Crippen LogP contribution in [0.4, 0.5) is 5.69 Å². The molecule has 0 spiro atoms. The summed E-state index contributed by atoms with van der Waals surface area (Å²) < 4.78 is 5.63. The third kappa shape index (κ3) is 6.38. The number of amides is 2. The number of rotatable bonds is 8. The number of benzene rings is 3. The molecule has 0 aliphatic rings. The van der Waals surface area contributed by atoms with Crippen LogP contribution in [0.25, 0.3) is 0 Å². The highest BCUT2D eigenvalue weighted by atomic mass is 35.5. The number of carbonyl (C=O) groups is 2. The largest absolute Gasteiger partial charge is 0.486 e. The van der Waals surface area contributed by atoms with Crippen LogP contribution in [0.2, 0.25) is 5.02 Å². The summed E-state index contributed by atoms with van der Waals surface area (Å²) in [5.74, 6) is 0.0550. The Balaban J connectivity index is 1.33. The Labute approximate surface area is 199 Å². The predicted molar refractivity (Wildman–Crippen MR) is 128 cm³/mol. The summed E-state index contributed by atoms with van der Waals surface area (Å²) in [5, 5.41) is 15.0. The minimum atomic E-state index is -0.405. The second-order valence-corrected chi connectivity index (χ2v) is 8.45. The van der Waals surface area contributed by atoms with E-state index in [1.54, 1.807) is 36.4 Å². The standard InChI is InChI=1S/C24H19ClN4O3S/c25-18-11-9-16(10-12-18)14-26-22(30)17-5-4-6-19(13-17)27-23(31)24-29-28-21(33-24)15-32-20-7-2-1-3-8-20/h1-13H,14-15H2,(H,26,30)(H,27,31). The molecule has 2 amide bonds. The fourth-order valence-electron chi connectivity index (χ4n) is 2.87. The molecule has 9 heteroatoms. The number of carbonyl (C=O) groups excluding carboxylic acids is 2. The fourth-order valence-corrected chi connectivity index (χ4v) is 3.65. The van der Waals surface area contributed by atoms with Gasteiger partial charge in [0.15, 0.2) is 5.01 Å². The van der Waals surface area contributed by atoms with Gasteiger partial charge in [-0.3, -0.25) is 9.59 Å². The maximum Gasteiger partial charge on any atom is 0.286 e. The van der Waals surface area contributed by atoms with Gasteiger partial charge in [0.1, 0.15) is 12.4 Å². The van der Waals surface area contributed by atoms with Gasteiger partial charge in [0.25, 0.3) is 11.8 Å². The molecule has 0 saturated carbocycles. The van der Waals surface area contributed by atoms with Crippen LogP contribution < -0.4 is 15.4 Å². The molecule has 0 radical (unpaired) electrons. The molecule has 0 aliphatic carbocycles. The molecule has 0 bridgehead atoms. The van der Waals surface area contributed by atoms with E-state index in [2.05, 4.69) is 20.8 Å². The zero-order valence-corrected chi connectivity index (χ0v) is 18.9. The number of ether oxygens (including phenoxy) is 1. The van der Waals surface area contributed by atoms with Crippen LogP contribution in [0.5, 0.6) is 5.75 Å². The van der Waals surface area contributed by atoms with E-state index < -0.39 is 5.91 Å². The molecule has 4 aromatic rings. The van der Waals surface area contributed by atoms with Crippen molar-refractivity contribution in [3.8, 4) is 5.75 Å². The maximum absolute atomic E-state index is 12.6. The molecule has 0 unspecified atom stereocenters. The first-order chi connectivity index (χ1) is 16.1. The van der Waals surface area contributed by atoms with Crippen molar-refractivity contribution in [2.24, 2.45) is 0 Å². The lowest BCUT2D eigenvalue weighted by Gasteiger charge is -2.08. The molecule has 166 valence electrons. The minimum Gasteiger partial charge on any atom is -0.486 e. The maximum atomic E-state index is 12.6. The molecule has 1 heterocycles. The quantitative estimate of drug-likeness (QED) is 0.373. The van der Waals surface area contributed by atoms with Gasteiger partial charge in [-0.1, -0.05) is 59.3 Å². The third-order valence-corrected chi connectivity index (χ3v) is 5.66. The SMILES string of the molecule is O=C(NCc1ccc(Cl)cc1)c1cccc(NC(=O)c2nnc(COc3ccccc3)s2)c1. The number of hydrogen-bond acceptors (Lipinski definition) is 6. The van der Waals surface area contributed by atoms with Crippen LogP contribution in [0.3, 0.4) is 0 Å². The molecule has 0 atom stereocenters. The van der Waals surface area contributed by atoms with Gasteiger partial charge in [-0.15, -0.1) is 10.2 Å². The van der Waals surface area contributed by atoms with Crippen LogP contribution in [0.1, 0.15) is 30.7 Å². The highest BCUT2D eigenvalue weighted by molar-refractivity contribution is 7.13. The Morgan fingerprint density at radius 2 is 1.70 bits per heavy atom. The molecular weight excluding hydrogens is 460 g/mol. The van der Waals surface area contributed by atoms with E-state index in [1.165, 1.54) is 0 Å². The van der Waals surface area contributed by atoms with Gasteiger partial charge in [0.05, 0.1) is 0 Å². The van der Waals surface area contributed by atoms with Crippen LogP contribution in [-0.4, -0.2) is 22.0 Å². The Hall–Kier alpha value is -3.75. The van der Waals surface area contributed by atoms with E-state index in [1.807, 2.05) is 42.5 Å². The normalized spacial score (nSPS) is 10.5. The summed E-state index contributed by atoms with van der Waals surface area (Å²) in [6, 6.07) is 23.3. The third-order valence-electron chi connectivity index (χ3n) is 4.52. The first kappa shape index (κ1) is 22.4. The number of anilines is 1. The molecule has 0 saturated heterocycles. The van der Waals surface area contributed by atoms with E-state index in [0.29, 0.717) is 33.6 Å². The van der Waals surface area contributed by atoms with Crippen molar-refractivity contribution in [1.82, 2.24) is 15.5 Å². The fraction of sp³-hybridized carbons (Fsp3) is 0.0833. The summed E-state index contributed by atoms with van der Waals surface area (Å²) in [5.41, 5.74) is 1.84. The molecule has 0 aliphatic heterocycles. The topological polar surface area (TPSA) is 93.2 Å². The molecular formula is C24H19ClN4O3S. The molecule has 1 aromatic heterocycles. The van der Waals surface area contributed by atoms with Gasteiger partial charge in [0.2, 0.25) is 5.01 Å². The lowest BCUT2D eigenvalue weighted by Crippen LogP contribution is -2.23. The molecule has 3 aromatic carbocycles. The number of nitrogens with zero attached hydrogens (tertiary/aromatic N) is 2. The highest BCUT2D eigenvalue weighted by Crippen LogP contribution is 2.17. The first-order valence-corrected chi connectivity index (χ1v) is 11.2. The van der Waals surface area contributed by atoms with Crippen molar-refractivity contribution in [2.75, 3.05) is 5.32 Å². The Bertz CT molecular complexity index is 1250. The lowest BCUT2D eigenvalue weighted by atomic mass is 10.1. The highest BCUT2D eigenvalue weighted by Gasteiger charge is 2.14. The zero-order chi connectivity index (χ0) is 23.0. The van der Waals surface area contributed by atoms with Gasteiger partial charge < -0.3 is 15.4 Å². The number of aromatic nitrogens is 2. The number of halogens is 1. The van der Waals surface area contributed by atoms with Crippen molar-refractivity contribution >= 4 is 40.4 Å². The Kier molecular flexibility index (Phi) is 7.29. The summed E-state index contributed by atoms with van der Waals surface area (Å²) in [6.45, 7) is 0.587. The van der Waals surface area contributed by atoms with Gasteiger partial charge >= 0.3 is 0 Å². The van der Waals surface area contributed by atoms with Crippen molar-refractivity contribution < 1.29 is 14.3 Å². The summed E-state index contributed by atoms with van der Waals surface area (Å²) in [4.78, 5) is 25.1.